The molecule has 3 N–H and O–H groups in total. The molecule has 6 heteroatoms. The van der Waals surface area contributed by atoms with Gasteiger partial charge in [0.15, 0.2) is 0 Å². The highest BCUT2D eigenvalue weighted by Crippen LogP contribution is 2.29. The Morgan fingerprint density at radius 2 is 2.17 bits per heavy atom. The zero-order chi connectivity index (χ0) is 13.3. The van der Waals surface area contributed by atoms with Gasteiger partial charge in [-0.1, -0.05) is 24.4 Å². The molecule has 5 nitrogen and oxygen atoms in total. The number of benzene rings is 1. The van der Waals surface area contributed by atoms with Crippen LogP contribution in [0.25, 0.3) is 0 Å². The van der Waals surface area contributed by atoms with E-state index in [4.69, 9.17) is 18.0 Å². The summed E-state index contributed by atoms with van der Waals surface area (Å²) in [7, 11) is 0. The summed E-state index contributed by atoms with van der Waals surface area (Å²) in [4.78, 5) is 25.3. The summed E-state index contributed by atoms with van der Waals surface area (Å²) in [6, 6.07) is 7.13. The molecule has 1 aliphatic rings. The zero-order valence-corrected chi connectivity index (χ0v) is 10.7. The molecule has 1 aromatic carbocycles. The number of para-hydroxylation sites is 2. The first kappa shape index (κ1) is 12.5. The summed E-state index contributed by atoms with van der Waals surface area (Å²) in [5.41, 5.74) is 6.78. The molecule has 1 unspecified atom stereocenters. The maximum atomic E-state index is 12.2. The molecule has 0 fully saturated rings. The van der Waals surface area contributed by atoms with Crippen LogP contribution in [0.15, 0.2) is 24.3 Å². The Hall–Kier alpha value is -1.95. The first-order valence-corrected chi connectivity index (χ1v) is 5.91. The van der Waals surface area contributed by atoms with Crippen molar-refractivity contribution >= 4 is 40.4 Å². The fraction of sp³-hybridized carbons (Fsp3) is 0.250. The highest BCUT2D eigenvalue weighted by atomic mass is 32.1. The van der Waals surface area contributed by atoms with Gasteiger partial charge in [-0.25, -0.2) is 0 Å². The van der Waals surface area contributed by atoms with Gasteiger partial charge in [-0.05, 0) is 19.1 Å². The smallest absolute Gasteiger partial charge is 0.244 e. The number of nitrogens with zero attached hydrogens (tertiary/aromatic N) is 1. The van der Waals surface area contributed by atoms with Crippen LogP contribution in [0.3, 0.4) is 0 Å². The highest BCUT2D eigenvalue weighted by Gasteiger charge is 2.30. The predicted molar refractivity (Wildman–Crippen MR) is 73.4 cm³/mol. The molecule has 0 radical (unpaired) electrons. The lowest BCUT2D eigenvalue weighted by molar-refractivity contribution is -0.122. The van der Waals surface area contributed by atoms with Gasteiger partial charge >= 0.3 is 0 Å². The van der Waals surface area contributed by atoms with Gasteiger partial charge < -0.3 is 16.0 Å². The molecule has 0 saturated heterocycles. The maximum absolute atomic E-state index is 12.2. The number of thiocarbonyl (C=S) groups is 1. The van der Waals surface area contributed by atoms with E-state index in [9.17, 15) is 9.59 Å². The summed E-state index contributed by atoms with van der Waals surface area (Å²) in [5, 5.41) is 2.72. The Bertz CT molecular complexity index is 530. The molecule has 1 aromatic rings. The minimum absolute atomic E-state index is 0.0111. The average molecular weight is 263 g/mol. The number of amides is 2. The first-order chi connectivity index (χ1) is 8.50. The van der Waals surface area contributed by atoms with Gasteiger partial charge in [0, 0.05) is 0 Å². The lowest BCUT2D eigenvalue weighted by Gasteiger charge is -2.30. The monoisotopic (exact) mass is 263 g/mol. The molecule has 2 rings (SSSR count). The molecule has 0 aliphatic carbocycles. The number of fused-ring (bicyclic) bond motifs is 1. The molecule has 0 spiro atoms. The SMILES string of the molecule is CC(C(=O)N1CC(=O)Nc2ccccc21)C(N)=S. The Labute approximate surface area is 110 Å². The van der Waals surface area contributed by atoms with Crippen LogP contribution < -0.4 is 16.0 Å². The number of hydrogen-bond acceptors (Lipinski definition) is 3. The van der Waals surface area contributed by atoms with Crippen LogP contribution in [-0.4, -0.2) is 23.3 Å². The Kier molecular flexibility index (Phi) is 3.29. The van der Waals surface area contributed by atoms with Crippen LogP contribution in [0.2, 0.25) is 0 Å². The molecule has 0 aromatic heterocycles. The van der Waals surface area contributed by atoms with Crippen molar-refractivity contribution in [2.75, 3.05) is 16.8 Å². The molecule has 94 valence electrons. The van der Waals surface area contributed by atoms with Crippen LogP contribution in [-0.2, 0) is 9.59 Å². The Morgan fingerprint density at radius 1 is 1.50 bits per heavy atom. The molecule has 0 saturated carbocycles. The molecule has 1 heterocycles. The summed E-state index contributed by atoms with van der Waals surface area (Å²) < 4.78 is 0. The van der Waals surface area contributed by atoms with Crippen LogP contribution in [0.4, 0.5) is 11.4 Å². The summed E-state index contributed by atoms with van der Waals surface area (Å²) >= 11 is 4.82. The molecule has 0 bridgehead atoms. The Balaban J connectivity index is 2.37. The summed E-state index contributed by atoms with van der Waals surface area (Å²) in [6.45, 7) is 1.63. The van der Waals surface area contributed by atoms with E-state index in [1.807, 2.05) is 6.07 Å². The summed E-state index contributed by atoms with van der Waals surface area (Å²) in [5.74, 6) is -1.07. The maximum Gasteiger partial charge on any atom is 0.244 e. The van der Waals surface area contributed by atoms with E-state index in [0.717, 1.165) is 0 Å². The van der Waals surface area contributed by atoms with Gasteiger partial charge in [0.25, 0.3) is 0 Å². The molecule has 18 heavy (non-hydrogen) atoms. The number of hydrogen-bond donors (Lipinski definition) is 2. The van der Waals surface area contributed by atoms with Crippen LogP contribution in [0.1, 0.15) is 6.92 Å². The van der Waals surface area contributed by atoms with E-state index in [1.165, 1.54) is 4.90 Å². The second-order valence-electron chi connectivity index (χ2n) is 4.11. The number of rotatable bonds is 2. The number of nitrogens with one attached hydrogen (secondary N) is 1. The van der Waals surface area contributed by atoms with Crippen molar-refractivity contribution in [1.82, 2.24) is 0 Å². The van der Waals surface area contributed by atoms with Crippen molar-refractivity contribution in [3.8, 4) is 0 Å². The van der Waals surface area contributed by atoms with Crippen molar-refractivity contribution in [2.45, 2.75) is 6.92 Å². The molecular formula is C12H13N3O2S. The first-order valence-electron chi connectivity index (χ1n) is 5.50. The zero-order valence-electron chi connectivity index (χ0n) is 9.84. The van der Waals surface area contributed by atoms with Crippen molar-refractivity contribution in [3.63, 3.8) is 0 Å². The predicted octanol–water partition coefficient (Wildman–Crippen LogP) is 0.894. The number of carbonyl (C=O) groups is 2. The molecule has 1 atom stereocenters. The minimum atomic E-state index is -0.584. The second-order valence-corrected chi connectivity index (χ2v) is 4.59. The standard InChI is InChI=1S/C12H13N3O2S/c1-7(11(13)18)12(17)15-6-10(16)14-8-4-2-3-5-9(8)15/h2-5,7H,6H2,1H3,(H2,13,18)(H,14,16). The third-order valence-corrected chi connectivity index (χ3v) is 3.19. The third kappa shape index (κ3) is 2.19. The fourth-order valence-electron chi connectivity index (χ4n) is 1.79. The van der Waals surface area contributed by atoms with Crippen molar-refractivity contribution in [1.29, 1.82) is 0 Å². The Morgan fingerprint density at radius 3 is 2.83 bits per heavy atom. The van der Waals surface area contributed by atoms with E-state index >= 15 is 0 Å². The lowest BCUT2D eigenvalue weighted by Crippen LogP contribution is -2.46. The quantitative estimate of drug-likeness (QED) is 0.777. The van der Waals surface area contributed by atoms with Gasteiger partial charge in [0.2, 0.25) is 11.8 Å². The van der Waals surface area contributed by atoms with Crippen molar-refractivity contribution in [2.24, 2.45) is 11.7 Å². The molecular weight excluding hydrogens is 250 g/mol. The van der Waals surface area contributed by atoms with Gasteiger partial charge in [0.1, 0.15) is 6.54 Å². The van der Waals surface area contributed by atoms with Gasteiger partial charge in [-0.3, -0.25) is 9.59 Å². The van der Waals surface area contributed by atoms with Crippen LogP contribution in [0, 0.1) is 5.92 Å². The molecule has 2 amide bonds. The third-order valence-electron chi connectivity index (χ3n) is 2.83. The van der Waals surface area contributed by atoms with Crippen molar-refractivity contribution in [3.05, 3.63) is 24.3 Å². The van der Waals surface area contributed by atoms with Gasteiger partial charge in [-0.15, -0.1) is 0 Å². The second kappa shape index (κ2) is 4.73. The molecule has 1 aliphatic heterocycles. The largest absolute Gasteiger partial charge is 0.393 e. The minimum Gasteiger partial charge on any atom is -0.393 e. The number of nitrogens with two attached hydrogens (primary N) is 1. The van der Waals surface area contributed by atoms with Gasteiger partial charge in [-0.2, -0.15) is 0 Å². The highest BCUT2D eigenvalue weighted by molar-refractivity contribution is 7.80. The van der Waals surface area contributed by atoms with E-state index in [1.54, 1.807) is 25.1 Å². The van der Waals surface area contributed by atoms with E-state index in [0.29, 0.717) is 11.4 Å². The van der Waals surface area contributed by atoms with E-state index in [2.05, 4.69) is 5.32 Å². The topological polar surface area (TPSA) is 75.4 Å². The summed E-state index contributed by atoms with van der Waals surface area (Å²) in [6.07, 6.45) is 0. The number of carbonyl (C=O) groups excluding carboxylic acids is 2. The lowest BCUT2D eigenvalue weighted by atomic mass is 10.1. The van der Waals surface area contributed by atoms with Crippen molar-refractivity contribution < 1.29 is 9.59 Å². The van der Waals surface area contributed by atoms with Crippen LogP contribution in [0.5, 0.6) is 0 Å². The normalized spacial score (nSPS) is 15.6. The van der Waals surface area contributed by atoms with E-state index < -0.39 is 5.92 Å². The van der Waals surface area contributed by atoms with Crippen LogP contribution >= 0.6 is 12.2 Å². The van der Waals surface area contributed by atoms with E-state index in [-0.39, 0.29) is 23.3 Å². The van der Waals surface area contributed by atoms with Gasteiger partial charge in [0.05, 0.1) is 22.3 Å². The fourth-order valence-corrected chi connectivity index (χ4v) is 1.89. The average Bonchev–Trinajstić information content (AvgIpc) is 2.35. The number of anilines is 2.